The summed E-state index contributed by atoms with van der Waals surface area (Å²) in [5.74, 6) is -1.86. The second kappa shape index (κ2) is 8.83. The zero-order valence-corrected chi connectivity index (χ0v) is 24.2. The van der Waals surface area contributed by atoms with Crippen LogP contribution in [0.4, 0.5) is 14.5 Å². The smallest absolute Gasteiger partial charge is 0.399 e. The Labute approximate surface area is 235 Å². The summed E-state index contributed by atoms with van der Waals surface area (Å²) in [6.45, 7) is 16.1. The molecular formula is C31H33B2F2NO4. The zero-order valence-electron chi connectivity index (χ0n) is 24.2. The molecule has 0 N–H and O–H groups in total. The summed E-state index contributed by atoms with van der Waals surface area (Å²) in [6, 6.07) is 15.8. The summed E-state index contributed by atoms with van der Waals surface area (Å²) >= 11 is 0. The lowest BCUT2D eigenvalue weighted by molar-refractivity contribution is 0.00578. The van der Waals surface area contributed by atoms with Gasteiger partial charge >= 0.3 is 14.2 Å². The molecule has 0 spiro atoms. The fourth-order valence-corrected chi connectivity index (χ4v) is 5.19. The van der Waals surface area contributed by atoms with E-state index >= 15 is 0 Å². The van der Waals surface area contributed by atoms with Crippen molar-refractivity contribution in [3.63, 3.8) is 0 Å². The van der Waals surface area contributed by atoms with E-state index in [9.17, 15) is 8.78 Å². The maximum absolute atomic E-state index is 14.2. The van der Waals surface area contributed by atoms with Gasteiger partial charge < -0.3 is 18.6 Å². The van der Waals surface area contributed by atoms with Crippen LogP contribution in [0.3, 0.4) is 0 Å². The van der Waals surface area contributed by atoms with E-state index in [4.69, 9.17) is 23.6 Å². The van der Waals surface area contributed by atoms with Crippen LogP contribution >= 0.6 is 0 Å². The second-order valence-electron chi connectivity index (χ2n) is 12.8. The lowest BCUT2D eigenvalue weighted by atomic mass is 9.77. The molecule has 3 aromatic carbocycles. The molecule has 0 bridgehead atoms. The molecule has 2 saturated heterocycles. The maximum atomic E-state index is 14.2. The van der Waals surface area contributed by atoms with Crippen LogP contribution in [-0.2, 0) is 18.6 Å². The van der Waals surface area contributed by atoms with Crippen LogP contribution in [0.15, 0.2) is 59.6 Å². The van der Waals surface area contributed by atoms with E-state index in [-0.39, 0.29) is 0 Å². The Morgan fingerprint density at radius 1 is 0.525 bits per heavy atom. The Kier molecular flexibility index (Phi) is 6.03. The third-order valence-electron chi connectivity index (χ3n) is 9.08. The molecule has 3 aliphatic rings. The highest BCUT2D eigenvalue weighted by Gasteiger charge is 2.53. The molecule has 2 aliphatic heterocycles. The van der Waals surface area contributed by atoms with Crippen LogP contribution < -0.4 is 10.9 Å². The first-order valence-electron chi connectivity index (χ1n) is 13.6. The predicted octanol–water partition coefficient (Wildman–Crippen LogP) is 5.71. The molecular weight excluding hydrogens is 510 g/mol. The average molecular weight is 543 g/mol. The lowest BCUT2D eigenvalue weighted by Crippen LogP contribution is -2.41. The molecule has 0 radical (unpaired) electrons. The van der Waals surface area contributed by atoms with Crippen LogP contribution in [0.2, 0.25) is 0 Å². The molecule has 0 saturated carbocycles. The molecule has 2 heterocycles. The van der Waals surface area contributed by atoms with Crippen molar-refractivity contribution in [1.82, 2.24) is 0 Å². The van der Waals surface area contributed by atoms with Crippen molar-refractivity contribution in [3.8, 4) is 11.1 Å². The van der Waals surface area contributed by atoms with Crippen molar-refractivity contribution < 1.29 is 27.4 Å². The quantitative estimate of drug-likeness (QED) is 0.311. The third-order valence-corrected chi connectivity index (χ3v) is 9.08. The summed E-state index contributed by atoms with van der Waals surface area (Å²) < 4.78 is 53.1. The van der Waals surface area contributed by atoms with Gasteiger partial charge in [0.15, 0.2) is 11.6 Å². The highest BCUT2D eigenvalue weighted by Crippen LogP contribution is 2.41. The van der Waals surface area contributed by atoms with E-state index in [0.717, 1.165) is 45.3 Å². The summed E-state index contributed by atoms with van der Waals surface area (Å²) in [6.07, 6.45) is 0. The third kappa shape index (κ3) is 4.26. The minimum atomic E-state index is -0.947. The molecule has 0 atom stereocenters. The number of hydrogen-bond acceptors (Lipinski definition) is 5. The van der Waals surface area contributed by atoms with Crippen molar-refractivity contribution >= 4 is 36.6 Å². The van der Waals surface area contributed by atoms with Crippen molar-refractivity contribution in [2.75, 3.05) is 0 Å². The van der Waals surface area contributed by atoms with Gasteiger partial charge in [-0.25, -0.2) is 13.8 Å². The molecule has 40 heavy (non-hydrogen) atoms. The topological polar surface area (TPSA) is 49.3 Å². The van der Waals surface area contributed by atoms with Crippen molar-refractivity contribution in [1.29, 1.82) is 0 Å². The minimum Gasteiger partial charge on any atom is -0.399 e. The first-order valence-corrected chi connectivity index (χ1v) is 13.6. The molecule has 1 aliphatic carbocycles. The normalized spacial score (nSPS) is 21.5. The van der Waals surface area contributed by atoms with E-state index in [1.54, 1.807) is 0 Å². The van der Waals surface area contributed by atoms with E-state index in [1.165, 1.54) is 6.07 Å². The number of halogens is 2. The number of rotatable bonds is 3. The van der Waals surface area contributed by atoms with Gasteiger partial charge in [0, 0.05) is 17.2 Å². The first-order chi connectivity index (χ1) is 18.6. The van der Waals surface area contributed by atoms with E-state index < -0.39 is 48.3 Å². The molecule has 6 rings (SSSR count). The fourth-order valence-electron chi connectivity index (χ4n) is 5.19. The monoisotopic (exact) mass is 543 g/mol. The van der Waals surface area contributed by atoms with Gasteiger partial charge in [0.1, 0.15) is 0 Å². The number of aliphatic imine (C=N–C) groups is 1. The highest BCUT2D eigenvalue weighted by molar-refractivity contribution is 6.63. The van der Waals surface area contributed by atoms with Crippen LogP contribution in [-0.4, -0.2) is 42.4 Å². The fraction of sp³-hybridized carbons (Fsp3) is 0.387. The minimum absolute atomic E-state index is 0.315. The van der Waals surface area contributed by atoms with Gasteiger partial charge in [-0.1, -0.05) is 36.4 Å². The Bertz CT molecular complexity index is 1450. The van der Waals surface area contributed by atoms with Crippen molar-refractivity contribution in [2.45, 2.75) is 77.8 Å². The van der Waals surface area contributed by atoms with Crippen LogP contribution in [0.25, 0.3) is 11.1 Å². The van der Waals surface area contributed by atoms with E-state index in [2.05, 4.69) is 0 Å². The van der Waals surface area contributed by atoms with Gasteiger partial charge in [0.25, 0.3) is 0 Å². The number of nitrogens with zero attached hydrogens (tertiary/aromatic N) is 1. The summed E-state index contributed by atoms with van der Waals surface area (Å²) in [5, 5.41) is 0. The highest BCUT2D eigenvalue weighted by atomic mass is 19.2. The zero-order chi connectivity index (χ0) is 28.8. The van der Waals surface area contributed by atoms with E-state index in [1.807, 2.05) is 91.8 Å². The van der Waals surface area contributed by atoms with Crippen LogP contribution in [0.1, 0.15) is 66.5 Å². The second-order valence-corrected chi connectivity index (χ2v) is 12.8. The molecule has 9 heteroatoms. The van der Waals surface area contributed by atoms with Gasteiger partial charge in [0.05, 0.1) is 33.8 Å². The molecule has 0 aromatic heterocycles. The van der Waals surface area contributed by atoms with Gasteiger partial charge in [0.2, 0.25) is 0 Å². The average Bonchev–Trinajstić information content (AvgIpc) is 3.38. The Morgan fingerprint density at radius 2 is 0.950 bits per heavy atom. The lowest BCUT2D eigenvalue weighted by Gasteiger charge is -2.32. The number of benzene rings is 3. The Hall–Kier alpha value is -2.84. The van der Waals surface area contributed by atoms with Crippen molar-refractivity contribution in [2.24, 2.45) is 4.99 Å². The van der Waals surface area contributed by atoms with Gasteiger partial charge in [-0.2, -0.15) is 0 Å². The standard InChI is InChI=1S/C31H33B2F2NO4/c1-28(2)29(3,4)38-32(37-28)18-9-12-21-22-13-10-19(33-39-30(5,6)31(7,8)40-33)16-24(22)27(23(21)15-18)36-20-11-14-25(34)26(35)17-20/h9-17H,1-8H3. The summed E-state index contributed by atoms with van der Waals surface area (Å²) in [4.78, 5) is 4.84. The molecule has 5 nitrogen and oxygen atoms in total. The van der Waals surface area contributed by atoms with E-state index in [0.29, 0.717) is 11.4 Å². The SMILES string of the molecule is CC1(C)OB(c2ccc3c(c2)C(=Nc2ccc(F)c(F)c2)c2cc(B4OC(C)(C)C(C)(C)O4)ccc2-3)OC1(C)C. The van der Waals surface area contributed by atoms with Gasteiger partial charge in [-0.3, -0.25) is 0 Å². The van der Waals surface area contributed by atoms with Crippen LogP contribution in [0.5, 0.6) is 0 Å². The summed E-state index contributed by atoms with van der Waals surface area (Å²) in [7, 11) is -1.10. The number of fused-ring (bicyclic) bond motifs is 3. The van der Waals surface area contributed by atoms with Gasteiger partial charge in [-0.05, 0) is 89.6 Å². The largest absolute Gasteiger partial charge is 0.494 e. The summed E-state index contributed by atoms with van der Waals surface area (Å²) in [5.41, 5.74) is 4.41. The maximum Gasteiger partial charge on any atom is 0.494 e. The predicted molar refractivity (Wildman–Crippen MR) is 155 cm³/mol. The molecule has 3 aromatic rings. The Morgan fingerprint density at radius 3 is 1.35 bits per heavy atom. The first kappa shape index (κ1) is 27.3. The molecule has 0 amide bonds. The molecule has 0 unspecified atom stereocenters. The van der Waals surface area contributed by atoms with Gasteiger partial charge in [-0.15, -0.1) is 0 Å². The molecule has 2 fully saturated rings. The van der Waals surface area contributed by atoms with Crippen molar-refractivity contribution in [3.05, 3.63) is 77.4 Å². The van der Waals surface area contributed by atoms with Crippen LogP contribution in [0, 0.1) is 11.6 Å². The molecule has 206 valence electrons. The Balaban J connectivity index is 1.46. The number of hydrogen-bond donors (Lipinski definition) is 0.